The number of halogens is 6. The lowest BCUT2D eigenvalue weighted by atomic mass is 10.1. The van der Waals surface area contributed by atoms with Crippen molar-refractivity contribution in [3.8, 4) is 27.7 Å². The number of nitrogens with one attached hydrogen (secondary N) is 1. The van der Waals surface area contributed by atoms with Crippen LogP contribution in [0, 0.1) is 0 Å². The Labute approximate surface area is 210 Å². The number of ether oxygens (including phenoxy) is 2. The maximum atomic E-state index is 12.9. The molecule has 0 aliphatic rings. The molecule has 1 unspecified atom stereocenters. The third-order valence-corrected chi connectivity index (χ3v) is 7.22. The first-order valence-corrected chi connectivity index (χ1v) is 11.6. The zero-order valence-electron chi connectivity index (χ0n) is 17.7. The summed E-state index contributed by atoms with van der Waals surface area (Å²) < 4.78 is 74.0. The fourth-order valence-corrected chi connectivity index (χ4v) is 5.41. The zero-order valence-corrected chi connectivity index (χ0v) is 20.1. The van der Waals surface area contributed by atoms with Gasteiger partial charge in [-0.3, -0.25) is 14.3 Å². The Bertz CT molecular complexity index is 1500. The minimum Gasteiger partial charge on any atom is -0.457 e. The van der Waals surface area contributed by atoms with E-state index in [0.717, 1.165) is 11.3 Å². The number of benzene rings is 2. The second-order valence-corrected chi connectivity index (χ2v) is 9.12. The zero-order chi connectivity index (χ0) is 26.2. The Morgan fingerprint density at radius 2 is 1.56 bits per heavy atom. The molecule has 1 atom stereocenters. The van der Waals surface area contributed by atoms with Crippen molar-refractivity contribution in [1.82, 2.24) is 9.55 Å². The average Bonchev–Trinajstić information content (AvgIpc) is 3.15. The van der Waals surface area contributed by atoms with Gasteiger partial charge in [0.2, 0.25) is 0 Å². The first-order chi connectivity index (χ1) is 16.9. The molecule has 0 aliphatic heterocycles. The molecule has 0 saturated carbocycles. The summed E-state index contributed by atoms with van der Waals surface area (Å²) >= 11 is 4.20. The quantitative estimate of drug-likeness (QED) is 0.276. The predicted octanol–water partition coefficient (Wildman–Crippen LogP) is 5.50. The molecular weight excluding hydrogens is 579 g/mol. The fourth-order valence-electron chi connectivity index (χ4n) is 3.23. The Morgan fingerprint density at radius 1 is 1.00 bits per heavy atom. The van der Waals surface area contributed by atoms with Crippen LogP contribution in [-0.2, 0) is 6.54 Å². The fraction of sp³-hybridized carbons (Fsp3) is 0.182. The van der Waals surface area contributed by atoms with Gasteiger partial charge in [0.1, 0.15) is 22.1 Å². The highest BCUT2D eigenvalue weighted by Gasteiger charge is 2.39. The summed E-state index contributed by atoms with van der Waals surface area (Å²) in [5, 5.41) is 9.42. The van der Waals surface area contributed by atoms with Crippen molar-refractivity contribution in [2.24, 2.45) is 0 Å². The highest BCUT2D eigenvalue weighted by molar-refractivity contribution is 9.10. The summed E-state index contributed by atoms with van der Waals surface area (Å²) in [6.45, 7) is -4.03. The lowest BCUT2D eigenvalue weighted by Gasteiger charge is -2.15. The van der Waals surface area contributed by atoms with Crippen molar-refractivity contribution in [2.75, 3.05) is 0 Å². The number of alkyl halides is 5. The molecule has 2 aromatic carbocycles. The van der Waals surface area contributed by atoms with Gasteiger partial charge in [-0.1, -0.05) is 0 Å². The van der Waals surface area contributed by atoms with Crippen LogP contribution in [0.5, 0.6) is 17.2 Å². The lowest BCUT2D eigenvalue weighted by Crippen LogP contribution is -2.38. The number of aliphatic hydroxyl groups is 1. The molecule has 2 aromatic heterocycles. The van der Waals surface area contributed by atoms with Crippen molar-refractivity contribution in [1.29, 1.82) is 0 Å². The number of thiophene rings is 1. The molecule has 2 N–H and O–H groups in total. The average molecular weight is 593 g/mol. The molecule has 36 heavy (non-hydrogen) atoms. The van der Waals surface area contributed by atoms with E-state index in [-0.39, 0.29) is 20.4 Å². The normalized spacial score (nSPS) is 12.8. The van der Waals surface area contributed by atoms with E-state index in [1.807, 2.05) is 4.98 Å². The standard InChI is InChI=1S/C22H14BrF5N2O5S/c23-16-15-18(32)29-21(33)30(9-14(31)22(26,27)28)19(15)36-17(16)10-1-3-11(4-2-10)34-12-5-7-13(8-6-12)35-20(24)25/h1-8,14,20,31H,9H2,(H,29,32,33). The molecular formula is C22H14BrF5N2O5S. The maximum Gasteiger partial charge on any atom is 0.416 e. The van der Waals surface area contributed by atoms with Gasteiger partial charge in [-0.25, -0.2) is 4.79 Å². The minimum absolute atomic E-state index is 0.0291. The molecule has 0 amide bonds. The van der Waals surface area contributed by atoms with E-state index in [0.29, 0.717) is 26.5 Å². The topological polar surface area (TPSA) is 93.6 Å². The van der Waals surface area contributed by atoms with Gasteiger partial charge in [-0.15, -0.1) is 11.3 Å². The van der Waals surface area contributed by atoms with Gasteiger partial charge in [0.25, 0.3) is 5.56 Å². The van der Waals surface area contributed by atoms with Crippen LogP contribution in [0.25, 0.3) is 20.7 Å². The van der Waals surface area contributed by atoms with E-state index in [4.69, 9.17) is 4.74 Å². The third-order valence-electron chi connectivity index (χ3n) is 4.90. The maximum absolute atomic E-state index is 12.9. The predicted molar refractivity (Wildman–Crippen MR) is 125 cm³/mol. The number of hydrogen-bond acceptors (Lipinski definition) is 6. The third kappa shape index (κ3) is 5.44. The van der Waals surface area contributed by atoms with Crippen LogP contribution in [0.3, 0.4) is 0 Å². The monoisotopic (exact) mass is 592 g/mol. The van der Waals surface area contributed by atoms with Crippen LogP contribution in [0.15, 0.2) is 62.6 Å². The molecule has 4 rings (SSSR count). The Morgan fingerprint density at radius 3 is 2.11 bits per heavy atom. The summed E-state index contributed by atoms with van der Waals surface area (Å²) in [5.41, 5.74) is -1.31. The number of nitrogens with zero attached hydrogens (tertiary/aromatic N) is 1. The number of aromatic amines is 1. The summed E-state index contributed by atoms with van der Waals surface area (Å²) in [6.07, 6.45) is -7.76. The molecule has 0 spiro atoms. The molecule has 0 aliphatic carbocycles. The molecule has 0 radical (unpaired) electrons. The number of aliphatic hydroxyl groups excluding tert-OH is 1. The van der Waals surface area contributed by atoms with E-state index in [2.05, 4.69) is 20.7 Å². The largest absolute Gasteiger partial charge is 0.457 e. The molecule has 0 saturated heterocycles. The molecule has 190 valence electrons. The van der Waals surface area contributed by atoms with Gasteiger partial charge in [-0.2, -0.15) is 22.0 Å². The Hall–Kier alpha value is -3.23. The van der Waals surface area contributed by atoms with Crippen molar-refractivity contribution < 1.29 is 36.5 Å². The van der Waals surface area contributed by atoms with Crippen molar-refractivity contribution in [2.45, 2.75) is 25.4 Å². The van der Waals surface area contributed by atoms with Gasteiger partial charge in [0, 0.05) is 0 Å². The number of hydrogen-bond donors (Lipinski definition) is 2. The van der Waals surface area contributed by atoms with Crippen LogP contribution in [0.4, 0.5) is 22.0 Å². The van der Waals surface area contributed by atoms with E-state index in [1.165, 1.54) is 24.3 Å². The highest BCUT2D eigenvalue weighted by atomic mass is 79.9. The summed E-state index contributed by atoms with van der Waals surface area (Å²) in [5.74, 6) is 0.714. The van der Waals surface area contributed by atoms with E-state index in [9.17, 15) is 36.6 Å². The highest BCUT2D eigenvalue weighted by Crippen LogP contribution is 2.41. The molecule has 4 aromatic rings. The van der Waals surface area contributed by atoms with Crippen LogP contribution in [0.1, 0.15) is 0 Å². The number of rotatable bonds is 7. The smallest absolute Gasteiger partial charge is 0.416 e. The van der Waals surface area contributed by atoms with E-state index in [1.54, 1.807) is 24.3 Å². The van der Waals surface area contributed by atoms with Gasteiger partial charge in [0.15, 0.2) is 6.10 Å². The second kappa shape index (κ2) is 10.0. The van der Waals surface area contributed by atoms with Crippen LogP contribution in [-0.4, -0.2) is 33.5 Å². The van der Waals surface area contributed by atoms with Crippen LogP contribution < -0.4 is 20.7 Å². The summed E-state index contributed by atoms with van der Waals surface area (Å²) in [7, 11) is 0. The number of fused-ring (bicyclic) bond motifs is 1. The molecule has 7 nitrogen and oxygen atoms in total. The molecule has 14 heteroatoms. The Kier molecular flexibility index (Phi) is 7.20. The van der Waals surface area contributed by atoms with Crippen molar-refractivity contribution in [3.63, 3.8) is 0 Å². The first-order valence-electron chi connectivity index (χ1n) is 9.97. The molecule has 0 bridgehead atoms. The van der Waals surface area contributed by atoms with Gasteiger partial charge in [0.05, 0.1) is 21.3 Å². The van der Waals surface area contributed by atoms with E-state index >= 15 is 0 Å². The number of aromatic nitrogens is 2. The Balaban J connectivity index is 1.64. The van der Waals surface area contributed by atoms with Crippen molar-refractivity contribution in [3.05, 3.63) is 73.8 Å². The van der Waals surface area contributed by atoms with Crippen LogP contribution in [0.2, 0.25) is 0 Å². The number of H-pyrrole nitrogens is 1. The summed E-state index contributed by atoms with van der Waals surface area (Å²) in [6, 6.07) is 11.9. The second-order valence-electron chi connectivity index (χ2n) is 7.33. The lowest BCUT2D eigenvalue weighted by molar-refractivity contribution is -0.207. The van der Waals surface area contributed by atoms with Gasteiger partial charge in [-0.05, 0) is 70.0 Å². The summed E-state index contributed by atoms with van der Waals surface area (Å²) in [4.78, 5) is 27.0. The van der Waals surface area contributed by atoms with Crippen LogP contribution >= 0.6 is 27.3 Å². The molecule has 0 fully saturated rings. The molecule has 2 heterocycles. The SMILES string of the molecule is O=c1[nH]c(=O)n(CC(O)C(F)(F)F)c2sc(-c3ccc(Oc4ccc(OC(F)F)cc4)cc3)c(Br)c12. The first kappa shape index (κ1) is 25.9. The minimum atomic E-state index is -4.95. The van der Waals surface area contributed by atoms with Gasteiger partial charge < -0.3 is 14.6 Å². The van der Waals surface area contributed by atoms with Gasteiger partial charge >= 0.3 is 18.5 Å². The van der Waals surface area contributed by atoms with Crippen molar-refractivity contribution >= 4 is 37.5 Å². The van der Waals surface area contributed by atoms with E-state index < -0.39 is 36.7 Å².